The summed E-state index contributed by atoms with van der Waals surface area (Å²) in [4.78, 5) is 10.7. The van der Waals surface area contributed by atoms with Gasteiger partial charge in [-0.1, -0.05) is 30.3 Å². The van der Waals surface area contributed by atoms with Gasteiger partial charge < -0.3 is 19.6 Å². The summed E-state index contributed by atoms with van der Waals surface area (Å²) in [7, 11) is 4.33. The van der Waals surface area contributed by atoms with Gasteiger partial charge >= 0.3 is 0 Å². The minimum Gasteiger partial charge on any atom is -0.385 e. The fourth-order valence-corrected chi connectivity index (χ4v) is 6.08. The maximum absolute atomic E-state index is 11.5. The Morgan fingerprint density at radius 2 is 1.89 bits per heavy atom. The molecule has 0 radical (unpaired) electrons. The van der Waals surface area contributed by atoms with E-state index in [2.05, 4.69) is 47.2 Å². The van der Waals surface area contributed by atoms with E-state index in [1.54, 1.807) is 0 Å². The standard InChI is InChI=1S/C29H39N3O3/c1-32(2)28(15-17-29(33,18-16-28)22-10-4-3-5-11-22)26-23(24-12-8-19-30-27(24)31-26)13-9-21-35-25-14-6-7-20-34-25/h3-5,8,10-12,19,25,33H,6-7,9,13-18,20-21H2,1-2H3,(H,30,31). The molecule has 6 heteroatoms. The van der Waals surface area contributed by atoms with Crippen molar-refractivity contribution >= 4 is 11.0 Å². The first-order valence-corrected chi connectivity index (χ1v) is 13.2. The minimum absolute atomic E-state index is 0.0463. The van der Waals surface area contributed by atoms with Crippen molar-refractivity contribution in [2.45, 2.75) is 75.2 Å². The molecule has 2 aromatic heterocycles. The number of H-pyrrole nitrogens is 1. The lowest BCUT2D eigenvalue weighted by molar-refractivity contribution is -0.162. The zero-order chi connectivity index (χ0) is 24.3. The first-order chi connectivity index (χ1) is 17.0. The fraction of sp³-hybridized carbons (Fsp3) is 0.552. The number of ether oxygens (including phenoxy) is 2. The molecular weight excluding hydrogens is 438 g/mol. The lowest BCUT2D eigenvalue weighted by atomic mass is 9.68. The predicted octanol–water partition coefficient (Wildman–Crippen LogP) is 5.26. The average molecular weight is 478 g/mol. The number of aromatic nitrogens is 2. The van der Waals surface area contributed by atoms with Gasteiger partial charge in [0.2, 0.25) is 0 Å². The molecule has 2 N–H and O–H groups in total. The maximum Gasteiger partial charge on any atom is 0.157 e. The molecule has 1 unspecified atom stereocenters. The van der Waals surface area contributed by atoms with Crippen LogP contribution in [-0.4, -0.2) is 53.6 Å². The van der Waals surface area contributed by atoms with Gasteiger partial charge in [-0.15, -0.1) is 0 Å². The third kappa shape index (κ3) is 4.90. The predicted molar refractivity (Wildman–Crippen MR) is 138 cm³/mol. The normalized spacial score (nSPS) is 27.5. The van der Waals surface area contributed by atoms with Crippen LogP contribution in [0.2, 0.25) is 0 Å². The Kier molecular flexibility index (Phi) is 7.26. The molecule has 1 atom stereocenters. The molecule has 0 bridgehead atoms. The lowest BCUT2D eigenvalue weighted by Crippen LogP contribution is -2.48. The molecule has 2 aliphatic rings. The molecule has 1 aromatic carbocycles. The van der Waals surface area contributed by atoms with E-state index < -0.39 is 5.60 Å². The van der Waals surface area contributed by atoms with Crippen molar-refractivity contribution in [1.29, 1.82) is 0 Å². The van der Waals surface area contributed by atoms with Crippen molar-refractivity contribution in [3.63, 3.8) is 0 Å². The van der Waals surface area contributed by atoms with E-state index >= 15 is 0 Å². The van der Waals surface area contributed by atoms with E-state index in [4.69, 9.17) is 9.47 Å². The number of pyridine rings is 1. The van der Waals surface area contributed by atoms with Crippen LogP contribution in [-0.2, 0) is 27.0 Å². The van der Waals surface area contributed by atoms with Gasteiger partial charge in [-0.05, 0) is 95.1 Å². The van der Waals surface area contributed by atoms with Crippen LogP contribution in [0.15, 0.2) is 48.7 Å². The van der Waals surface area contributed by atoms with Crippen LogP contribution in [0.5, 0.6) is 0 Å². The Balaban J connectivity index is 1.39. The largest absolute Gasteiger partial charge is 0.385 e. The summed E-state index contributed by atoms with van der Waals surface area (Å²) >= 11 is 0. The van der Waals surface area contributed by atoms with E-state index in [1.165, 1.54) is 23.1 Å². The topological polar surface area (TPSA) is 70.6 Å². The number of nitrogens with one attached hydrogen (secondary N) is 1. The van der Waals surface area contributed by atoms with Gasteiger partial charge in [0, 0.05) is 23.9 Å². The Morgan fingerprint density at radius 1 is 1.09 bits per heavy atom. The van der Waals surface area contributed by atoms with E-state index in [-0.39, 0.29) is 11.8 Å². The van der Waals surface area contributed by atoms with Gasteiger partial charge in [-0.2, -0.15) is 0 Å². The van der Waals surface area contributed by atoms with Gasteiger partial charge in [0.1, 0.15) is 5.65 Å². The van der Waals surface area contributed by atoms with Crippen molar-refractivity contribution in [2.24, 2.45) is 0 Å². The number of aromatic amines is 1. The van der Waals surface area contributed by atoms with Crippen LogP contribution in [0.25, 0.3) is 11.0 Å². The minimum atomic E-state index is -0.779. The Bertz CT molecular complexity index is 1100. The summed E-state index contributed by atoms with van der Waals surface area (Å²) in [5.74, 6) is 0. The molecule has 35 heavy (non-hydrogen) atoms. The van der Waals surface area contributed by atoms with Crippen molar-refractivity contribution in [3.05, 3.63) is 65.5 Å². The van der Waals surface area contributed by atoms with Crippen LogP contribution >= 0.6 is 0 Å². The molecule has 3 aromatic rings. The van der Waals surface area contributed by atoms with Crippen LogP contribution in [0, 0.1) is 0 Å². The fourth-order valence-electron chi connectivity index (χ4n) is 6.08. The van der Waals surface area contributed by atoms with Gasteiger partial charge in [-0.3, -0.25) is 4.90 Å². The molecule has 1 aliphatic carbocycles. The van der Waals surface area contributed by atoms with Crippen LogP contribution in [0.1, 0.15) is 68.2 Å². The number of aryl methyl sites for hydroxylation is 1. The van der Waals surface area contributed by atoms with Crippen molar-refractivity contribution in [2.75, 3.05) is 27.3 Å². The second-order valence-corrected chi connectivity index (χ2v) is 10.5. The number of nitrogens with zero attached hydrogens (tertiary/aromatic N) is 2. The highest BCUT2D eigenvalue weighted by atomic mass is 16.7. The highest BCUT2D eigenvalue weighted by Gasteiger charge is 2.46. The third-order valence-electron chi connectivity index (χ3n) is 8.23. The van der Waals surface area contributed by atoms with Crippen molar-refractivity contribution < 1.29 is 14.6 Å². The van der Waals surface area contributed by atoms with Crippen LogP contribution in [0.4, 0.5) is 0 Å². The molecule has 1 saturated heterocycles. The molecule has 1 aliphatic heterocycles. The van der Waals surface area contributed by atoms with Crippen LogP contribution < -0.4 is 0 Å². The number of rotatable bonds is 8. The van der Waals surface area contributed by atoms with E-state index in [0.717, 1.165) is 69.2 Å². The van der Waals surface area contributed by atoms with Gasteiger partial charge in [-0.25, -0.2) is 4.98 Å². The van der Waals surface area contributed by atoms with Crippen molar-refractivity contribution in [1.82, 2.24) is 14.9 Å². The summed E-state index contributed by atoms with van der Waals surface area (Å²) in [6.07, 6.45) is 10.2. The maximum atomic E-state index is 11.5. The monoisotopic (exact) mass is 477 g/mol. The summed E-state index contributed by atoms with van der Waals surface area (Å²) in [5, 5.41) is 12.7. The summed E-state index contributed by atoms with van der Waals surface area (Å²) < 4.78 is 11.8. The van der Waals surface area contributed by atoms with Crippen molar-refractivity contribution in [3.8, 4) is 0 Å². The molecule has 6 nitrogen and oxygen atoms in total. The summed E-state index contributed by atoms with van der Waals surface area (Å²) in [6.45, 7) is 1.50. The highest BCUT2D eigenvalue weighted by molar-refractivity contribution is 5.81. The Morgan fingerprint density at radius 3 is 2.60 bits per heavy atom. The number of fused-ring (bicyclic) bond motifs is 1. The van der Waals surface area contributed by atoms with E-state index in [0.29, 0.717) is 6.61 Å². The molecule has 3 heterocycles. The molecule has 0 spiro atoms. The zero-order valence-corrected chi connectivity index (χ0v) is 21.1. The number of benzene rings is 1. The SMILES string of the molecule is CN(C)C1(c2[nH]c3ncccc3c2CCCOC2CCCCO2)CCC(O)(c2ccccc2)CC1. The average Bonchev–Trinajstić information content (AvgIpc) is 3.27. The smallest absolute Gasteiger partial charge is 0.157 e. The Hall–Kier alpha value is -2.25. The molecular formula is C29H39N3O3. The summed E-state index contributed by atoms with van der Waals surface area (Å²) in [6, 6.07) is 14.3. The third-order valence-corrected chi connectivity index (χ3v) is 8.23. The molecule has 2 fully saturated rings. The van der Waals surface area contributed by atoms with E-state index in [1.807, 2.05) is 30.5 Å². The van der Waals surface area contributed by atoms with Gasteiger partial charge in [0.25, 0.3) is 0 Å². The first kappa shape index (κ1) is 24.4. The molecule has 5 rings (SSSR count). The lowest BCUT2D eigenvalue weighted by Gasteiger charge is -2.48. The quantitative estimate of drug-likeness (QED) is 0.433. The number of hydrogen-bond acceptors (Lipinski definition) is 5. The Labute approximate surface area is 208 Å². The molecule has 1 saturated carbocycles. The molecule has 0 amide bonds. The highest BCUT2D eigenvalue weighted by Crippen LogP contribution is 2.49. The van der Waals surface area contributed by atoms with Gasteiger partial charge in [0.15, 0.2) is 6.29 Å². The zero-order valence-electron chi connectivity index (χ0n) is 21.1. The van der Waals surface area contributed by atoms with Crippen LogP contribution in [0.3, 0.4) is 0 Å². The number of aliphatic hydroxyl groups is 1. The second kappa shape index (κ2) is 10.4. The summed E-state index contributed by atoms with van der Waals surface area (Å²) in [5.41, 5.74) is 3.59. The number of hydrogen-bond donors (Lipinski definition) is 2. The van der Waals surface area contributed by atoms with E-state index in [9.17, 15) is 5.11 Å². The second-order valence-electron chi connectivity index (χ2n) is 10.5. The first-order valence-electron chi connectivity index (χ1n) is 13.2. The van der Waals surface area contributed by atoms with Gasteiger partial charge in [0.05, 0.1) is 17.7 Å². The molecule has 188 valence electrons.